The van der Waals surface area contributed by atoms with E-state index in [1.54, 1.807) is 0 Å². The Kier molecular flexibility index (Phi) is 2.67. The minimum atomic E-state index is 0.357. The summed E-state index contributed by atoms with van der Waals surface area (Å²) in [6, 6.07) is 8.75. The molecule has 1 nitrogen and oxygen atoms in total. The van der Waals surface area contributed by atoms with Gasteiger partial charge in [-0.25, -0.2) is 0 Å². The molecule has 1 fully saturated rings. The minimum absolute atomic E-state index is 0.357. The summed E-state index contributed by atoms with van der Waals surface area (Å²) in [4.78, 5) is 2.40. The molecule has 0 bridgehead atoms. The van der Waals surface area contributed by atoms with E-state index in [4.69, 9.17) is 0 Å². The topological polar surface area (TPSA) is 3.24 Å². The van der Waals surface area contributed by atoms with Crippen LogP contribution in [0.25, 0.3) is 0 Å². The zero-order chi connectivity index (χ0) is 10.2. The average Bonchev–Trinajstić information content (AvgIpc) is 2.48. The van der Waals surface area contributed by atoms with Gasteiger partial charge in [0.2, 0.25) is 0 Å². The van der Waals surface area contributed by atoms with Gasteiger partial charge >= 0.3 is 0 Å². The van der Waals surface area contributed by atoms with E-state index in [2.05, 4.69) is 59.1 Å². The Morgan fingerprint density at radius 3 is 2.43 bits per heavy atom. The predicted molar refractivity (Wildman–Crippen MR) is 63.6 cm³/mol. The van der Waals surface area contributed by atoms with Crippen molar-refractivity contribution in [3.8, 4) is 0 Å². The number of hydrogen-bond donors (Lipinski definition) is 0. The third-order valence-electron chi connectivity index (χ3n) is 3.21. The summed E-state index contributed by atoms with van der Waals surface area (Å²) in [6.45, 7) is 4.75. The fraction of sp³-hybridized carbons (Fsp3) is 0.500. The quantitative estimate of drug-likeness (QED) is 0.744. The van der Waals surface area contributed by atoms with Gasteiger partial charge in [0.15, 0.2) is 0 Å². The molecule has 2 rings (SSSR count). The number of likely N-dealkylation sites (N-methyl/N-ethyl adjacent to an activating group) is 1. The predicted octanol–water partition coefficient (Wildman–Crippen LogP) is 3.04. The Hall–Kier alpha value is -0.340. The Balaban J connectivity index is 2.26. The van der Waals surface area contributed by atoms with Gasteiger partial charge in [-0.1, -0.05) is 35.0 Å². The number of nitrogens with zero attached hydrogens (tertiary/aromatic N) is 1. The summed E-state index contributed by atoms with van der Waals surface area (Å²) in [5.41, 5.74) is 1.82. The molecule has 14 heavy (non-hydrogen) atoms. The maximum absolute atomic E-state index is 3.47. The van der Waals surface area contributed by atoms with E-state index < -0.39 is 0 Å². The van der Waals surface area contributed by atoms with Crippen LogP contribution in [0, 0.1) is 0 Å². The van der Waals surface area contributed by atoms with Crippen LogP contribution in [-0.2, 0) is 5.41 Å². The molecule has 0 aliphatic carbocycles. The molecule has 2 heteroatoms. The summed E-state index contributed by atoms with van der Waals surface area (Å²) in [6.07, 6.45) is 1.27. The van der Waals surface area contributed by atoms with Gasteiger partial charge in [0.25, 0.3) is 0 Å². The zero-order valence-corrected chi connectivity index (χ0v) is 10.3. The second-order valence-electron chi connectivity index (χ2n) is 4.56. The summed E-state index contributed by atoms with van der Waals surface area (Å²) in [7, 11) is 2.20. The second-order valence-corrected chi connectivity index (χ2v) is 5.47. The summed E-state index contributed by atoms with van der Waals surface area (Å²) < 4.78 is 1.16. The third-order valence-corrected chi connectivity index (χ3v) is 3.73. The molecule has 0 aromatic heterocycles. The largest absolute Gasteiger partial charge is 0.305 e. The van der Waals surface area contributed by atoms with Gasteiger partial charge in [0.1, 0.15) is 0 Å². The number of hydrogen-bond acceptors (Lipinski definition) is 1. The highest BCUT2D eigenvalue weighted by molar-refractivity contribution is 9.10. The molecule has 1 saturated heterocycles. The van der Waals surface area contributed by atoms with Crippen molar-refractivity contribution in [3.63, 3.8) is 0 Å². The SMILES string of the molecule is CN1CCC(C)(c2ccc(Br)cc2)C1. The van der Waals surface area contributed by atoms with Gasteiger partial charge in [-0.3, -0.25) is 0 Å². The van der Waals surface area contributed by atoms with Crippen LogP contribution in [0.15, 0.2) is 28.7 Å². The first kappa shape index (κ1) is 10.2. The molecule has 1 heterocycles. The maximum atomic E-state index is 3.47. The normalized spacial score (nSPS) is 28.2. The van der Waals surface area contributed by atoms with Crippen molar-refractivity contribution in [1.29, 1.82) is 0 Å². The van der Waals surface area contributed by atoms with Crippen molar-refractivity contribution in [1.82, 2.24) is 4.90 Å². The van der Waals surface area contributed by atoms with Gasteiger partial charge in [0.05, 0.1) is 0 Å². The lowest BCUT2D eigenvalue weighted by molar-refractivity contribution is 0.381. The number of likely N-dealkylation sites (tertiary alicyclic amines) is 1. The Morgan fingerprint density at radius 2 is 1.93 bits per heavy atom. The van der Waals surface area contributed by atoms with E-state index in [1.807, 2.05) is 0 Å². The lowest BCUT2D eigenvalue weighted by Crippen LogP contribution is -2.25. The van der Waals surface area contributed by atoms with Gasteiger partial charge in [0, 0.05) is 16.4 Å². The van der Waals surface area contributed by atoms with E-state index in [0.717, 1.165) is 4.47 Å². The summed E-state index contributed by atoms with van der Waals surface area (Å²) >= 11 is 3.47. The van der Waals surface area contributed by atoms with Crippen LogP contribution >= 0.6 is 15.9 Å². The highest BCUT2D eigenvalue weighted by Gasteiger charge is 2.33. The van der Waals surface area contributed by atoms with E-state index in [1.165, 1.54) is 25.1 Å². The smallest absolute Gasteiger partial charge is 0.0175 e. The highest BCUT2D eigenvalue weighted by Crippen LogP contribution is 2.33. The minimum Gasteiger partial charge on any atom is -0.305 e. The van der Waals surface area contributed by atoms with Crippen LogP contribution in [0.3, 0.4) is 0 Å². The van der Waals surface area contributed by atoms with Crippen molar-refractivity contribution in [3.05, 3.63) is 34.3 Å². The maximum Gasteiger partial charge on any atom is 0.0175 e. The molecule has 1 aromatic rings. The molecule has 76 valence electrons. The first-order valence-electron chi connectivity index (χ1n) is 5.05. The van der Waals surface area contributed by atoms with Gasteiger partial charge in [-0.2, -0.15) is 0 Å². The Labute approximate surface area is 94.2 Å². The molecule has 1 aliphatic rings. The molecule has 0 saturated carbocycles. The highest BCUT2D eigenvalue weighted by atomic mass is 79.9. The van der Waals surface area contributed by atoms with Crippen molar-refractivity contribution < 1.29 is 0 Å². The van der Waals surface area contributed by atoms with Gasteiger partial charge in [-0.05, 0) is 37.7 Å². The average molecular weight is 254 g/mol. The standard InChI is InChI=1S/C12H16BrN/c1-12(7-8-14(2)9-12)10-3-5-11(13)6-4-10/h3-6H,7-9H2,1-2H3. The molecule has 0 N–H and O–H groups in total. The lowest BCUT2D eigenvalue weighted by atomic mass is 9.82. The Bertz CT molecular complexity index is 320. The van der Waals surface area contributed by atoms with Crippen molar-refractivity contribution >= 4 is 15.9 Å². The molecule has 1 atom stereocenters. The van der Waals surface area contributed by atoms with Crippen LogP contribution in [0.1, 0.15) is 18.9 Å². The molecule has 1 aliphatic heterocycles. The van der Waals surface area contributed by atoms with E-state index >= 15 is 0 Å². The molecule has 0 amide bonds. The number of rotatable bonds is 1. The third kappa shape index (κ3) is 1.86. The van der Waals surface area contributed by atoms with Crippen molar-refractivity contribution in [2.45, 2.75) is 18.8 Å². The van der Waals surface area contributed by atoms with E-state index in [-0.39, 0.29) is 0 Å². The zero-order valence-electron chi connectivity index (χ0n) is 8.76. The van der Waals surface area contributed by atoms with Gasteiger partial charge in [-0.15, -0.1) is 0 Å². The van der Waals surface area contributed by atoms with Crippen LogP contribution < -0.4 is 0 Å². The fourth-order valence-corrected chi connectivity index (χ4v) is 2.54. The summed E-state index contributed by atoms with van der Waals surface area (Å²) in [5.74, 6) is 0. The molecule has 0 spiro atoms. The van der Waals surface area contributed by atoms with E-state index in [9.17, 15) is 0 Å². The molecule has 1 unspecified atom stereocenters. The monoisotopic (exact) mass is 253 g/mol. The fourth-order valence-electron chi connectivity index (χ4n) is 2.28. The second kappa shape index (κ2) is 3.67. The number of benzene rings is 1. The molecule has 1 aromatic carbocycles. The van der Waals surface area contributed by atoms with Crippen LogP contribution in [0.2, 0.25) is 0 Å². The van der Waals surface area contributed by atoms with E-state index in [0.29, 0.717) is 5.41 Å². The van der Waals surface area contributed by atoms with Crippen LogP contribution in [0.5, 0.6) is 0 Å². The van der Waals surface area contributed by atoms with Crippen LogP contribution in [0.4, 0.5) is 0 Å². The molecular formula is C12H16BrN. The molecular weight excluding hydrogens is 238 g/mol. The Morgan fingerprint density at radius 1 is 1.29 bits per heavy atom. The van der Waals surface area contributed by atoms with Gasteiger partial charge < -0.3 is 4.90 Å². The van der Waals surface area contributed by atoms with Crippen LogP contribution in [-0.4, -0.2) is 25.0 Å². The first-order valence-corrected chi connectivity index (χ1v) is 5.84. The summed E-state index contributed by atoms with van der Waals surface area (Å²) in [5, 5.41) is 0. The first-order chi connectivity index (χ1) is 6.60. The van der Waals surface area contributed by atoms with Crippen molar-refractivity contribution in [2.24, 2.45) is 0 Å². The van der Waals surface area contributed by atoms with Crippen molar-refractivity contribution in [2.75, 3.05) is 20.1 Å². The number of halogens is 1. The molecule has 0 radical (unpaired) electrons. The lowest BCUT2D eigenvalue weighted by Gasteiger charge is -2.24.